The molecule has 0 saturated heterocycles. The molecule has 0 amide bonds. The van der Waals surface area contributed by atoms with Gasteiger partial charge in [0.25, 0.3) is 0 Å². The van der Waals surface area contributed by atoms with Gasteiger partial charge in [-0.2, -0.15) is 0 Å². The van der Waals surface area contributed by atoms with Crippen LogP contribution in [-0.4, -0.2) is 63.7 Å². The van der Waals surface area contributed by atoms with Gasteiger partial charge in [-0.25, -0.2) is 16.8 Å². The Labute approximate surface area is 427 Å². The Kier molecular flexibility index (Phi) is 31.8. The van der Waals surface area contributed by atoms with E-state index >= 15 is 0 Å². The predicted molar refractivity (Wildman–Crippen MR) is 276 cm³/mol. The second kappa shape index (κ2) is 34.7. The van der Waals surface area contributed by atoms with Crippen molar-refractivity contribution in [3.63, 3.8) is 0 Å². The van der Waals surface area contributed by atoms with E-state index < -0.39 is 20.2 Å². The zero-order valence-electron chi connectivity index (χ0n) is 41.4. The Hall–Kier alpha value is -1.52. The topological polar surface area (TPSA) is 114 Å². The third kappa shape index (κ3) is 23.6. The number of benzene rings is 4. The van der Waals surface area contributed by atoms with Gasteiger partial charge in [-0.1, -0.05) is 218 Å². The van der Waals surface area contributed by atoms with Crippen molar-refractivity contribution in [2.45, 2.75) is 243 Å². The molecule has 0 aliphatic carbocycles. The van der Waals surface area contributed by atoms with E-state index in [1.807, 2.05) is 24.3 Å². The van der Waals surface area contributed by atoms with Crippen molar-refractivity contribution < 1.29 is 25.9 Å². The van der Waals surface area contributed by atoms with Crippen molar-refractivity contribution in [2.75, 3.05) is 0 Å². The second-order valence-electron chi connectivity index (χ2n) is 18.6. The van der Waals surface area contributed by atoms with Gasteiger partial charge >= 0.3 is 37.7 Å². The van der Waals surface area contributed by atoms with Crippen LogP contribution >= 0.6 is 0 Å². The van der Waals surface area contributed by atoms with E-state index in [2.05, 4.69) is 39.8 Å². The summed E-state index contributed by atoms with van der Waals surface area (Å²) in [5.74, 6) is 0. The zero-order valence-corrected chi connectivity index (χ0v) is 45.2. The van der Waals surface area contributed by atoms with Gasteiger partial charge in [-0.15, -0.1) is 0 Å². The van der Waals surface area contributed by atoms with Gasteiger partial charge in [0.1, 0.15) is 20.2 Å². The fourth-order valence-electron chi connectivity index (χ4n) is 9.23. The maximum Gasteiger partial charge on any atom is 2.00 e. The fourth-order valence-corrected chi connectivity index (χ4v) is 10.6. The van der Waals surface area contributed by atoms with Crippen LogP contribution in [0.15, 0.2) is 70.5 Å². The summed E-state index contributed by atoms with van der Waals surface area (Å²) in [5.41, 5.74) is 5.12. The SMILES string of the molecule is CCCCCCCCCc1cc2cccc(S(=O)(=O)[O-])c2cc1CCCCCCCCC.CCCCCCCCCc1cc2cccc(S(=O)(=O)[O-])c2cc1CCCCCCCCC.[Ca+2]. The molecule has 4 aromatic carbocycles. The summed E-state index contributed by atoms with van der Waals surface area (Å²) in [6.45, 7) is 8.97. The number of rotatable bonds is 34. The molecular formula is C56H86CaO6S2. The number of fused-ring (bicyclic) bond motifs is 2. The Bertz CT molecular complexity index is 1960. The first-order valence-electron chi connectivity index (χ1n) is 25.9. The van der Waals surface area contributed by atoms with Crippen molar-refractivity contribution in [3.8, 4) is 0 Å². The Morgan fingerprint density at radius 1 is 0.338 bits per heavy atom. The largest absolute Gasteiger partial charge is 2.00 e. The van der Waals surface area contributed by atoms with Gasteiger partial charge in [0.15, 0.2) is 0 Å². The number of hydrogen-bond donors (Lipinski definition) is 0. The van der Waals surface area contributed by atoms with Gasteiger partial charge in [0.2, 0.25) is 0 Å². The van der Waals surface area contributed by atoms with Crippen LogP contribution < -0.4 is 0 Å². The summed E-state index contributed by atoms with van der Waals surface area (Å²) < 4.78 is 70.8. The minimum atomic E-state index is -4.48. The third-order valence-corrected chi connectivity index (χ3v) is 14.8. The molecule has 0 aliphatic rings. The zero-order chi connectivity index (χ0) is 46.5. The van der Waals surface area contributed by atoms with Crippen molar-refractivity contribution in [3.05, 3.63) is 82.9 Å². The molecule has 0 bridgehead atoms. The molecule has 0 aromatic heterocycles. The first-order valence-corrected chi connectivity index (χ1v) is 28.8. The molecule has 65 heavy (non-hydrogen) atoms. The molecule has 0 aliphatic heterocycles. The minimum Gasteiger partial charge on any atom is -0.744 e. The molecule has 0 unspecified atom stereocenters. The van der Waals surface area contributed by atoms with Crippen molar-refractivity contribution >= 4 is 79.5 Å². The van der Waals surface area contributed by atoms with Gasteiger partial charge < -0.3 is 9.11 Å². The molecule has 9 heteroatoms. The van der Waals surface area contributed by atoms with E-state index in [1.165, 1.54) is 201 Å². The summed E-state index contributed by atoms with van der Waals surface area (Å²) in [4.78, 5) is -0.170. The second-order valence-corrected chi connectivity index (χ2v) is 21.3. The van der Waals surface area contributed by atoms with E-state index in [0.29, 0.717) is 10.8 Å². The van der Waals surface area contributed by atoms with Crippen LogP contribution in [0.5, 0.6) is 0 Å². The molecule has 0 atom stereocenters. The number of aryl methyl sites for hydroxylation is 4. The van der Waals surface area contributed by atoms with Gasteiger partial charge in [-0.3, -0.25) is 0 Å². The smallest absolute Gasteiger partial charge is 0.744 e. The van der Waals surface area contributed by atoms with Crippen LogP contribution in [0.3, 0.4) is 0 Å². The van der Waals surface area contributed by atoms with Crippen LogP contribution in [0.2, 0.25) is 0 Å². The molecule has 0 fully saturated rings. The van der Waals surface area contributed by atoms with E-state index in [-0.39, 0.29) is 47.5 Å². The van der Waals surface area contributed by atoms with Crippen LogP contribution in [0.1, 0.15) is 230 Å². The minimum absolute atomic E-state index is 0. The Morgan fingerprint density at radius 3 is 0.815 bits per heavy atom. The van der Waals surface area contributed by atoms with E-state index in [4.69, 9.17) is 0 Å². The summed E-state index contributed by atoms with van der Waals surface area (Å²) in [6.07, 6.45) is 39.5. The molecule has 0 saturated carbocycles. The normalized spacial score (nSPS) is 11.8. The quantitative estimate of drug-likeness (QED) is 0.0262. The molecule has 4 rings (SSSR count). The van der Waals surface area contributed by atoms with Gasteiger partial charge in [0, 0.05) is 0 Å². The van der Waals surface area contributed by atoms with Crippen molar-refractivity contribution in [2.24, 2.45) is 0 Å². The van der Waals surface area contributed by atoms with Gasteiger partial charge in [-0.05, 0) is 119 Å². The summed E-state index contributed by atoms with van der Waals surface area (Å²) in [7, 11) is -8.96. The van der Waals surface area contributed by atoms with E-state index in [9.17, 15) is 25.9 Å². The molecular weight excluding hydrogens is 873 g/mol. The first kappa shape index (κ1) is 59.6. The van der Waals surface area contributed by atoms with Crippen LogP contribution in [0.25, 0.3) is 21.5 Å². The average molecular weight is 960 g/mol. The monoisotopic (exact) mass is 959 g/mol. The van der Waals surface area contributed by atoms with Crippen LogP contribution in [0.4, 0.5) is 0 Å². The summed E-state index contributed by atoms with van der Waals surface area (Å²) in [5, 5.41) is 2.90. The number of hydrogen-bond acceptors (Lipinski definition) is 6. The standard InChI is InChI=1S/2C28H44O3S.Ca/c2*1-3-5-7-9-11-13-15-18-24-22-26-20-17-21-28(32(29,30)31)27(26)23-25(24)19-16-14-12-10-8-6-4-2;/h2*17,20-23H,3-16,18-19H2,1-2H3,(H,29,30,31);/q;;+2/p-2. The number of unbranched alkanes of at least 4 members (excludes halogenated alkanes) is 24. The maximum absolute atomic E-state index is 11.8. The molecule has 0 heterocycles. The van der Waals surface area contributed by atoms with E-state index in [0.717, 1.165) is 49.3 Å². The van der Waals surface area contributed by atoms with Crippen molar-refractivity contribution in [1.82, 2.24) is 0 Å². The third-order valence-electron chi connectivity index (χ3n) is 13.1. The Balaban J connectivity index is 0.000000440. The molecule has 360 valence electrons. The van der Waals surface area contributed by atoms with Crippen LogP contribution in [0, 0.1) is 0 Å². The molecule has 6 nitrogen and oxygen atoms in total. The molecule has 0 spiro atoms. The van der Waals surface area contributed by atoms with Gasteiger partial charge in [0.05, 0.1) is 9.79 Å². The first-order chi connectivity index (χ1) is 30.9. The van der Waals surface area contributed by atoms with Crippen molar-refractivity contribution in [1.29, 1.82) is 0 Å². The molecule has 0 N–H and O–H groups in total. The predicted octanol–water partition coefficient (Wildman–Crippen LogP) is 16.3. The molecule has 0 radical (unpaired) electrons. The van der Waals surface area contributed by atoms with Crippen LogP contribution in [-0.2, 0) is 45.9 Å². The van der Waals surface area contributed by atoms with E-state index in [1.54, 1.807) is 12.1 Å². The summed E-state index contributed by atoms with van der Waals surface area (Å²) >= 11 is 0. The average Bonchev–Trinajstić information content (AvgIpc) is 3.27. The maximum atomic E-state index is 11.8. The summed E-state index contributed by atoms with van der Waals surface area (Å²) in [6, 6.07) is 18.4. The Morgan fingerprint density at radius 2 is 0.569 bits per heavy atom. The fraction of sp³-hybridized carbons (Fsp3) is 0.643. The molecule has 4 aromatic rings.